The van der Waals surface area contributed by atoms with Gasteiger partial charge in [0.2, 0.25) is 0 Å². The Morgan fingerprint density at radius 1 is 1.53 bits per heavy atom. The number of nitrogens with zero attached hydrogens (tertiary/aromatic N) is 2. The van der Waals surface area contributed by atoms with Gasteiger partial charge in [0.25, 0.3) is 0 Å². The van der Waals surface area contributed by atoms with E-state index in [1.807, 2.05) is 25.8 Å². The van der Waals surface area contributed by atoms with Crippen LogP contribution in [0, 0.1) is 0 Å². The van der Waals surface area contributed by atoms with Gasteiger partial charge in [-0.05, 0) is 32.6 Å². The summed E-state index contributed by atoms with van der Waals surface area (Å²) in [5.74, 6) is 0. The van der Waals surface area contributed by atoms with Crippen LogP contribution in [0.4, 0.5) is 0 Å². The Kier molecular flexibility index (Phi) is 4.57. The van der Waals surface area contributed by atoms with Crippen LogP contribution in [0.5, 0.6) is 0 Å². The van der Waals surface area contributed by atoms with Crippen LogP contribution in [0.25, 0.3) is 0 Å². The van der Waals surface area contributed by atoms with E-state index >= 15 is 0 Å². The molecule has 1 aromatic rings. The maximum absolute atomic E-state index is 5.45. The lowest BCUT2D eigenvalue weighted by Crippen LogP contribution is -2.42. The van der Waals surface area contributed by atoms with Gasteiger partial charge in [-0.25, -0.2) is 4.98 Å². The van der Waals surface area contributed by atoms with E-state index in [-0.39, 0.29) is 0 Å². The van der Waals surface area contributed by atoms with E-state index in [2.05, 4.69) is 21.8 Å². The number of imidazole rings is 1. The van der Waals surface area contributed by atoms with Crippen molar-refractivity contribution in [1.82, 2.24) is 14.9 Å². The molecule has 1 saturated carbocycles. The van der Waals surface area contributed by atoms with Crippen molar-refractivity contribution in [2.75, 3.05) is 7.11 Å². The molecule has 0 spiro atoms. The molecule has 1 aromatic heterocycles. The third kappa shape index (κ3) is 3.82. The molecule has 4 nitrogen and oxygen atoms in total. The summed E-state index contributed by atoms with van der Waals surface area (Å²) < 4.78 is 7.57. The summed E-state index contributed by atoms with van der Waals surface area (Å²) in [5, 5.41) is 3.69. The second kappa shape index (κ2) is 6.17. The van der Waals surface area contributed by atoms with Gasteiger partial charge in [-0.2, -0.15) is 0 Å². The fraction of sp³-hybridized carbons (Fsp3) is 0.769. The van der Waals surface area contributed by atoms with Crippen LogP contribution in [0.3, 0.4) is 0 Å². The van der Waals surface area contributed by atoms with E-state index in [4.69, 9.17) is 4.74 Å². The molecule has 1 aliphatic carbocycles. The summed E-state index contributed by atoms with van der Waals surface area (Å²) in [7, 11) is 1.82. The molecule has 3 atom stereocenters. The molecule has 2 rings (SSSR count). The van der Waals surface area contributed by atoms with Gasteiger partial charge in [-0.15, -0.1) is 0 Å². The molecule has 0 bridgehead atoms. The highest BCUT2D eigenvalue weighted by Gasteiger charge is 2.22. The highest BCUT2D eigenvalue weighted by molar-refractivity contribution is 4.82. The SMILES string of the molecule is COC1CCCC(NC(C)Cn2ccnc2)C1. The Balaban J connectivity index is 1.76. The first-order valence-electron chi connectivity index (χ1n) is 6.52. The lowest BCUT2D eigenvalue weighted by atomic mass is 9.92. The third-order valence-corrected chi connectivity index (χ3v) is 3.52. The Hall–Kier alpha value is -0.870. The van der Waals surface area contributed by atoms with Gasteiger partial charge in [0.15, 0.2) is 0 Å². The van der Waals surface area contributed by atoms with E-state index < -0.39 is 0 Å². The van der Waals surface area contributed by atoms with Gasteiger partial charge in [0, 0.05) is 38.1 Å². The van der Waals surface area contributed by atoms with Crippen LogP contribution in [0.1, 0.15) is 32.6 Å². The molecule has 1 aliphatic rings. The Morgan fingerprint density at radius 2 is 2.41 bits per heavy atom. The van der Waals surface area contributed by atoms with Gasteiger partial charge >= 0.3 is 0 Å². The van der Waals surface area contributed by atoms with Crippen LogP contribution in [-0.2, 0) is 11.3 Å². The molecule has 0 aliphatic heterocycles. The number of aromatic nitrogens is 2. The lowest BCUT2D eigenvalue weighted by molar-refractivity contribution is 0.0569. The molecule has 0 amide bonds. The summed E-state index contributed by atoms with van der Waals surface area (Å²) in [6.45, 7) is 3.21. The molecule has 0 saturated heterocycles. The van der Waals surface area contributed by atoms with E-state index in [0.29, 0.717) is 18.2 Å². The molecule has 96 valence electrons. The predicted molar refractivity (Wildman–Crippen MR) is 67.9 cm³/mol. The molecule has 1 heterocycles. The van der Waals surface area contributed by atoms with E-state index in [1.54, 1.807) is 0 Å². The summed E-state index contributed by atoms with van der Waals surface area (Å²) in [6, 6.07) is 1.08. The van der Waals surface area contributed by atoms with Gasteiger partial charge in [-0.1, -0.05) is 0 Å². The molecule has 0 radical (unpaired) electrons. The molecule has 1 N–H and O–H groups in total. The molecule has 3 unspecified atom stereocenters. The van der Waals surface area contributed by atoms with Gasteiger partial charge in [0.05, 0.1) is 12.4 Å². The van der Waals surface area contributed by atoms with Gasteiger partial charge < -0.3 is 14.6 Å². The summed E-state index contributed by atoms with van der Waals surface area (Å²) in [6.07, 6.45) is 11.1. The van der Waals surface area contributed by atoms with Crippen LogP contribution in [-0.4, -0.2) is 34.8 Å². The molecule has 1 fully saturated rings. The van der Waals surface area contributed by atoms with Crippen LogP contribution >= 0.6 is 0 Å². The highest BCUT2D eigenvalue weighted by atomic mass is 16.5. The molecule has 17 heavy (non-hydrogen) atoms. The minimum atomic E-state index is 0.446. The van der Waals surface area contributed by atoms with Crippen molar-refractivity contribution in [1.29, 1.82) is 0 Å². The topological polar surface area (TPSA) is 39.1 Å². The quantitative estimate of drug-likeness (QED) is 0.849. The van der Waals surface area contributed by atoms with E-state index in [9.17, 15) is 0 Å². The van der Waals surface area contributed by atoms with Gasteiger partial charge in [-0.3, -0.25) is 0 Å². The maximum atomic E-state index is 5.45. The van der Waals surface area contributed by atoms with Crippen molar-refractivity contribution >= 4 is 0 Å². The zero-order valence-electron chi connectivity index (χ0n) is 10.8. The summed E-state index contributed by atoms with van der Waals surface area (Å²) in [4.78, 5) is 4.06. The number of ether oxygens (including phenoxy) is 1. The van der Waals surface area contributed by atoms with Crippen LogP contribution in [0.2, 0.25) is 0 Å². The van der Waals surface area contributed by atoms with Gasteiger partial charge in [0.1, 0.15) is 0 Å². The second-order valence-electron chi connectivity index (χ2n) is 5.05. The number of rotatable bonds is 5. The first kappa shape index (κ1) is 12.6. The first-order chi connectivity index (χ1) is 8.28. The molecule has 0 aromatic carbocycles. The number of nitrogens with one attached hydrogen (secondary N) is 1. The van der Waals surface area contributed by atoms with E-state index in [1.165, 1.54) is 19.3 Å². The maximum Gasteiger partial charge on any atom is 0.0946 e. The average molecular weight is 237 g/mol. The van der Waals surface area contributed by atoms with Crippen molar-refractivity contribution < 1.29 is 4.74 Å². The third-order valence-electron chi connectivity index (χ3n) is 3.52. The van der Waals surface area contributed by atoms with Crippen molar-refractivity contribution in [2.24, 2.45) is 0 Å². The molecular formula is C13H23N3O. The zero-order chi connectivity index (χ0) is 12.1. The Labute approximate surface area is 103 Å². The highest BCUT2D eigenvalue weighted by Crippen LogP contribution is 2.21. The number of hydrogen-bond donors (Lipinski definition) is 1. The number of hydrogen-bond acceptors (Lipinski definition) is 3. The fourth-order valence-electron chi connectivity index (χ4n) is 2.68. The normalized spacial score (nSPS) is 26.9. The minimum absolute atomic E-state index is 0.446. The molecule has 4 heteroatoms. The van der Waals surface area contributed by atoms with Crippen molar-refractivity contribution in [2.45, 2.75) is 57.3 Å². The monoisotopic (exact) mass is 237 g/mol. The number of methoxy groups -OCH3 is 1. The predicted octanol–water partition coefficient (Wildman–Crippen LogP) is 1.82. The minimum Gasteiger partial charge on any atom is -0.381 e. The molecular weight excluding hydrogens is 214 g/mol. The Bertz CT molecular complexity index is 312. The average Bonchev–Trinajstić information content (AvgIpc) is 2.82. The van der Waals surface area contributed by atoms with Crippen LogP contribution in [0.15, 0.2) is 18.7 Å². The fourth-order valence-corrected chi connectivity index (χ4v) is 2.68. The summed E-state index contributed by atoms with van der Waals surface area (Å²) >= 11 is 0. The Morgan fingerprint density at radius 3 is 3.12 bits per heavy atom. The summed E-state index contributed by atoms with van der Waals surface area (Å²) in [5.41, 5.74) is 0. The first-order valence-corrected chi connectivity index (χ1v) is 6.52. The largest absolute Gasteiger partial charge is 0.381 e. The smallest absolute Gasteiger partial charge is 0.0946 e. The van der Waals surface area contributed by atoms with E-state index in [0.717, 1.165) is 13.0 Å². The zero-order valence-corrected chi connectivity index (χ0v) is 10.8. The second-order valence-corrected chi connectivity index (χ2v) is 5.05. The lowest BCUT2D eigenvalue weighted by Gasteiger charge is -2.31. The standard InChI is InChI=1S/C13H23N3O/c1-11(9-16-7-6-14-10-16)15-12-4-3-5-13(8-12)17-2/h6-7,10-13,15H,3-5,8-9H2,1-2H3. The van der Waals surface area contributed by atoms with Crippen molar-refractivity contribution in [3.63, 3.8) is 0 Å². The van der Waals surface area contributed by atoms with Crippen LogP contribution < -0.4 is 5.32 Å². The van der Waals surface area contributed by atoms with Crippen molar-refractivity contribution in [3.8, 4) is 0 Å². The van der Waals surface area contributed by atoms with Crippen molar-refractivity contribution in [3.05, 3.63) is 18.7 Å².